The third-order valence-corrected chi connectivity index (χ3v) is 2.29. The van der Waals surface area contributed by atoms with Gasteiger partial charge >= 0.3 is 0 Å². The summed E-state index contributed by atoms with van der Waals surface area (Å²) in [4.78, 5) is 0. The van der Waals surface area contributed by atoms with Crippen LogP contribution in [0.15, 0.2) is 36.5 Å². The van der Waals surface area contributed by atoms with Gasteiger partial charge in [0.05, 0.1) is 11.6 Å². The fraction of sp³-hybridized carbons (Fsp3) is 0.100. The Morgan fingerprint density at radius 2 is 2.08 bits per heavy atom. The second kappa shape index (κ2) is 2.89. The number of halogens is 1. The van der Waals surface area contributed by atoms with Crippen LogP contribution in [0.1, 0.15) is 0 Å². The molecule has 3 heteroatoms. The largest absolute Gasteiger partial charge is 1.00 e. The molecule has 0 fully saturated rings. The zero-order chi connectivity index (χ0) is 7.97. The van der Waals surface area contributed by atoms with Crippen molar-refractivity contribution < 1.29 is 17.1 Å². The molecule has 1 aromatic carbocycles. The summed E-state index contributed by atoms with van der Waals surface area (Å²) in [6, 6.07) is 8.42. The van der Waals surface area contributed by atoms with E-state index in [9.17, 15) is 0 Å². The van der Waals surface area contributed by atoms with E-state index < -0.39 is 0 Å². The number of fused-ring (bicyclic) bond motifs is 3. The van der Waals surface area contributed by atoms with Crippen LogP contribution in [-0.2, 0) is 6.54 Å². The van der Waals surface area contributed by atoms with E-state index >= 15 is 0 Å². The molecule has 2 nitrogen and oxygen atoms in total. The fourth-order valence-corrected chi connectivity index (χ4v) is 1.73. The number of nitrogens with zero attached hydrogens (tertiary/aromatic N) is 2. The van der Waals surface area contributed by atoms with Crippen molar-refractivity contribution in [3.05, 3.63) is 36.5 Å². The molecule has 2 heterocycles. The number of hydrogen-bond acceptors (Lipinski definition) is 0. The Morgan fingerprint density at radius 3 is 3.00 bits per heavy atom. The van der Waals surface area contributed by atoms with Crippen LogP contribution in [0.25, 0.3) is 17.1 Å². The van der Waals surface area contributed by atoms with Gasteiger partial charge in [-0.05, 0) is 12.1 Å². The van der Waals surface area contributed by atoms with Crippen molar-refractivity contribution in [1.82, 2.24) is 4.68 Å². The quantitative estimate of drug-likeness (QED) is 0.446. The zero-order valence-electron chi connectivity index (χ0n) is 7.02. The highest BCUT2D eigenvalue weighted by molar-refractivity contribution is 5.79. The first kappa shape index (κ1) is 8.32. The molecule has 3 rings (SSSR count). The van der Waals surface area contributed by atoms with Crippen LogP contribution in [0.2, 0.25) is 0 Å². The molecule has 0 N–H and O–H groups in total. The van der Waals surface area contributed by atoms with Crippen molar-refractivity contribution >= 4 is 17.1 Å². The normalized spacial score (nSPS) is 12.9. The lowest BCUT2D eigenvalue weighted by Gasteiger charge is -1.87. The van der Waals surface area contributed by atoms with Gasteiger partial charge in [-0.15, -0.1) is 9.36 Å². The second-order valence-corrected chi connectivity index (χ2v) is 3.04. The molecule has 0 atom stereocenters. The Morgan fingerprint density at radius 1 is 1.23 bits per heavy atom. The summed E-state index contributed by atoms with van der Waals surface area (Å²) >= 11 is 0. The van der Waals surface area contributed by atoms with Crippen molar-refractivity contribution in [1.29, 1.82) is 0 Å². The summed E-state index contributed by atoms with van der Waals surface area (Å²) in [5.74, 6) is 0. The average molecular weight is 193 g/mol. The van der Waals surface area contributed by atoms with E-state index in [0.29, 0.717) is 0 Å². The van der Waals surface area contributed by atoms with Gasteiger partial charge in [-0.3, -0.25) is 0 Å². The summed E-state index contributed by atoms with van der Waals surface area (Å²) in [6.45, 7) is 0.995. The topological polar surface area (TPSA) is 8.81 Å². The standard InChI is InChI=1S/C10H9N2.ClH/c1-2-5-10-9(4-1)8-11-6-3-7-12(10)11;/h1-5,7-8H,6H2;1H/q+1;/p-1. The number of aromatic nitrogens is 2. The number of para-hydroxylation sites is 1. The summed E-state index contributed by atoms with van der Waals surface area (Å²) < 4.78 is 4.38. The van der Waals surface area contributed by atoms with Gasteiger partial charge in [-0.25, -0.2) is 0 Å². The second-order valence-electron chi connectivity index (χ2n) is 3.04. The van der Waals surface area contributed by atoms with Gasteiger partial charge in [0.15, 0.2) is 6.54 Å². The monoisotopic (exact) mass is 192 g/mol. The Balaban J connectivity index is 0.000000653. The van der Waals surface area contributed by atoms with Crippen molar-refractivity contribution in [2.75, 3.05) is 0 Å². The molecule has 0 saturated carbocycles. The minimum Gasteiger partial charge on any atom is -1.00 e. The first-order valence-electron chi connectivity index (χ1n) is 4.11. The highest BCUT2D eigenvalue weighted by Crippen LogP contribution is 2.13. The first-order chi connectivity index (χ1) is 5.95. The van der Waals surface area contributed by atoms with Gasteiger partial charge in [0.1, 0.15) is 5.52 Å². The molecule has 66 valence electrons. The molecular formula is C10H9ClN2. The Labute approximate surface area is 82.5 Å². The highest BCUT2D eigenvalue weighted by Gasteiger charge is 2.15. The third kappa shape index (κ3) is 1.06. The molecule has 1 aromatic heterocycles. The summed E-state index contributed by atoms with van der Waals surface area (Å²) in [5, 5.41) is 1.31. The maximum absolute atomic E-state index is 2.20. The van der Waals surface area contributed by atoms with Crippen LogP contribution in [0.3, 0.4) is 0 Å². The average Bonchev–Trinajstić information content (AvgIpc) is 2.62. The van der Waals surface area contributed by atoms with Gasteiger partial charge in [-0.1, -0.05) is 12.1 Å². The Hall–Kier alpha value is -1.28. The van der Waals surface area contributed by atoms with E-state index in [4.69, 9.17) is 0 Å². The van der Waals surface area contributed by atoms with E-state index in [2.05, 4.69) is 52.1 Å². The minimum absolute atomic E-state index is 0. The zero-order valence-corrected chi connectivity index (χ0v) is 7.78. The lowest BCUT2D eigenvalue weighted by molar-refractivity contribution is -0.747. The predicted octanol–water partition coefficient (Wildman–Crippen LogP) is -1.58. The maximum Gasteiger partial charge on any atom is 0.204 e. The van der Waals surface area contributed by atoms with Crippen molar-refractivity contribution in [2.24, 2.45) is 0 Å². The van der Waals surface area contributed by atoms with Crippen molar-refractivity contribution in [2.45, 2.75) is 6.54 Å². The maximum atomic E-state index is 2.20. The van der Waals surface area contributed by atoms with Gasteiger partial charge in [0, 0.05) is 6.08 Å². The first-order valence-corrected chi connectivity index (χ1v) is 4.11. The molecule has 0 aliphatic carbocycles. The molecule has 0 bridgehead atoms. The molecule has 13 heavy (non-hydrogen) atoms. The van der Waals surface area contributed by atoms with E-state index in [0.717, 1.165) is 6.54 Å². The number of benzene rings is 1. The van der Waals surface area contributed by atoms with Crippen LogP contribution in [0.4, 0.5) is 0 Å². The van der Waals surface area contributed by atoms with Gasteiger partial charge in [0.25, 0.3) is 0 Å². The third-order valence-electron chi connectivity index (χ3n) is 2.29. The van der Waals surface area contributed by atoms with Crippen LogP contribution < -0.4 is 17.1 Å². The molecule has 0 saturated heterocycles. The molecule has 1 aliphatic heterocycles. The molecule has 0 radical (unpaired) electrons. The number of hydrogen-bond donors (Lipinski definition) is 0. The SMILES string of the molecule is C1=Cn2c3ccccc3c[n+]2C1.[Cl-]. The lowest BCUT2D eigenvalue weighted by Crippen LogP contribution is -3.00. The van der Waals surface area contributed by atoms with E-state index in [1.807, 2.05) is 0 Å². The van der Waals surface area contributed by atoms with Gasteiger partial charge in [-0.2, -0.15) is 0 Å². The van der Waals surface area contributed by atoms with E-state index in [-0.39, 0.29) is 12.4 Å². The van der Waals surface area contributed by atoms with Gasteiger partial charge < -0.3 is 12.4 Å². The molecule has 0 unspecified atom stereocenters. The summed E-state index contributed by atoms with van der Waals surface area (Å²) in [7, 11) is 0. The van der Waals surface area contributed by atoms with Crippen molar-refractivity contribution in [3.63, 3.8) is 0 Å². The number of allylic oxidation sites excluding steroid dienone is 1. The molecule has 1 aliphatic rings. The Bertz CT molecular complexity index is 471. The molecule has 0 amide bonds. The van der Waals surface area contributed by atoms with Crippen molar-refractivity contribution in [3.8, 4) is 0 Å². The van der Waals surface area contributed by atoms with Gasteiger partial charge in [0.2, 0.25) is 6.20 Å². The lowest BCUT2D eigenvalue weighted by atomic mass is 10.2. The number of rotatable bonds is 0. The summed E-state index contributed by atoms with van der Waals surface area (Å²) in [6.07, 6.45) is 6.45. The van der Waals surface area contributed by atoms with Crippen LogP contribution >= 0.6 is 0 Å². The Kier molecular flexibility index (Phi) is 1.85. The van der Waals surface area contributed by atoms with E-state index in [1.165, 1.54) is 10.9 Å². The van der Waals surface area contributed by atoms with Crippen LogP contribution in [0.5, 0.6) is 0 Å². The van der Waals surface area contributed by atoms with E-state index in [1.54, 1.807) is 0 Å². The molecule has 0 spiro atoms. The smallest absolute Gasteiger partial charge is 0.204 e. The summed E-state index contributed by atoms with van der Waals surface area (Å²) in [5.41, 5.74) is 1.28. The van der Waals surface area contributed by atoms with Crippen LogP contribution in [0, 0.1) is 0 Å². The minimum atomic E-state index is 0. The molecule has 2 aromatic rings. The highest BCUT2D eigenvalue weighted by atomic mass is 35.5. The molecular weight excluding hydrogens is 184 g/mol. The van der Waals surface area contributed by atoms with Crippen LogP contribution in [-0.4, -0.2) is 4.68 Å². The fourth-order valence-electron chi connectivity index (χ4n) is 1.73. The predicted molar refractivity (Wildman–Crippen MR) is 47.5 cm³/mol.